The van der Waals surface area contributed by atoms with Gasteiger partial charge in [-0.3, -0.25) is 9.59 Å². The molecule has 17 heavy (non-hydrogen) atoms. The van der Waals surface area contributed by atoms with E-state index >= 15 is 0 Å². The molecular formula is C13H15FO3. The summed E-state index contributed by atoms with van der Waals surface area (Å²) in [7, 11) is 0. The summed E-state index contributed by atoms with van der Waals surface area (Å²) in [5.41, 5.74) is 0.300. The first-order valence-corrected chi connectivity index (χ1v) is 5.49. The van der Waals surface area contributed by atoms with Crippen molar-refractivity contribution in [2.24, 2.45) is 5.92 Å². The Kier molecular flexibility index (Phi) is 4.82. The molecule has 4 heteroatoms. The number of carbonyl (C=O) groups is 2. The minimum Gasteiger partial charge on any atom is -0.465 e. The lowest BCUT2D eigenvalue weighted by Gasteiger charge is -2.09. The van der Waals surface area contributed by atoms with Crippen molar-refractivity contribution in [1.82, 2.24) is 0 Å². The van der Waals surface area contributed by atoms with Crippen LogP contribution in [0.5, 0.6) is 0 Å². The van der Waals surface area contributed by atoms with Gasteiger partial charge in [-0.15, -0.1) is 0 Å². The molecule has 0 spiro atoms. The van der Waals surface area contributed by atoms with E-state index in [0.29, 0.717) is 5.56 Å². The molecule has 0 heterocycles. The van der Waals surface area contributed by atoms with Crippen molar-refractivity contribution in [3.05, 3.63) is 35.6 Å². The van der Waals surface area contributed by atoms with E-state index in [4.69, 9.17) is 4.74 Å². The first-order valence-electron chi connectivity index (χ1n) is 5.49. The fraction of sp³-hybridized carbons (Fsp3) is 0.385. The third-order valence-corrected chi connectivity index (χ3v) is 2.45. The molecule has 1 aromatic rings. The molecule has 0 aliphatic carbocycles. The number of carbonyl (C=O) groups excluding carboxylic acids is 2. The molecule has 0 saturated carbocycles. The van der Waals surface area contributed by atoms with Crippen LogP contribution in [0.4, 0.5) is 4.39 Å². The van der Waals surface area contributed by atoms with E-state index in [1.807, 2.05) is 0 Å². The van der Waals surface area contributed by atoms with Crippen LogP contribution >= 0.6 is 0 Å². The summed E-state index contributed by atoms with van der Waals surface area (Å²) in [6.07, 6.45) is -0.0906. The van der Waals surface area contributed by atoms with Crippen LogP contribution in [0, 0.1) is 11.7 Å². The van der Waals surface area contributed by atoms with E-state index in [-0.39, 0.29) is 18.8 Å². The molecule has 0 aromatic heterocycles. The Hall–Kier alpha value is -1.71. The second-order valence-corrected chi connectivity index (χ2v) is 3.71. The minimum absolute atomic E-state index is 0.0906. The van der Waals surface area contributed by atoms with E-state index < -0.39 is 17.7 Å². The number of ketones is 1. The van der Waals surface area contributed by atoms with Crippen LogP contribution in [0.1, 0.15) is 19.4 Å². The van der Waals surface area contributed by atoms with Crippen LogP contribution < -0.4 is 0 Å². The first kappa shape index (κ1) is 13.4. The van der Waals surface area contributed by atoms with Crippen LogP contribution in [-0.4, -0.2) is 18.4 Å². The summed E-state index contributed by atoms with van der Waals surface area (Å²) >= 11 is 0. The van der Waals surface area contributed by atoms with E-state index in [0.717, 1.165) is 0 Å². The lowest BCUT2D eigenvalue weighted by molar-refractivity contribution is -0.150. The van der Waals surface area contributed by atoms with Crippen LogP contribution in [0.3, 0.4) is 0 Å². The largest absolute Gasteiger partial charge is 0.465 e. The fourth-order valence-electron chi connectivity index (χ4n) is 1.38. The average Bonchev–Trinajstić information content (AvgIpc) is 2.31. The van der Waals surface area contributed by atoms with Gasteiger partial charge in [0.1, 0.15) is 11.7 Å². The van der Waals surface area contributed by atoms with Crippen LogP contribution in [-0.2, 0) is 20.7 Å². The number of esters is 1. The van der Waals surface area contributed by atoms with Gasteiger partial charge in [0.25, 0.3) is 0 Å². The van der Waals surface area contributed by atoms with Crippen molar-refractivity contribution in [2.75, 3.05) is 6.61 Å². The molecule has 0 radical (unpaired) electrons. The lowest BCUT2D eigenvalue weighted by atomic mass is 9.99. The molecule has 0 amide bonds. The number of Topliss-reactive ketones (excluding diaryl/α,β-unsaturated/α-hetero) is 1. The Morgan fingerprint density at radius 3 is 2.59 bits per heavy atom. The predicted molar refractivity (Wildman–Crippen MR) is 60.9 cm³/mol. The molecule has 0 saturated heterocycles. The number of ether oxygens (including phenoxy) is 1. The average molecular weight is 238 g/mol. The van der Waals surface area contributed by atoms with Gasteiger partial charge >= 0.3 is 5.97 Å². The first-order chi connectivity index (χ1) is 8.06. The van der Waals surface area contributed by atoms with Crippen molar-refractivity contribution < 1.29 is 18.7 Å². The minimum atomic E-state index is -0.852. The van der Waals surface area contributed by atoms with Gasteiger partial charge in [0.05, 0.1) is 6.61 Å². The van der Waals surface area contributed by atoms with Crippen molar-refractivity contribution in [3.63, 3.8) is 0 Å². The molecule has 0 bridgehead atoms. The monoisotopic (exact) mass is 238 g/mol. The van der Waals surface area contributed by atoms with E-state index in [1.165, 1.54) is 19.1 Å². The Labute approximate surface area is 99.6 Å². The summed E-state index contributed by atoms with van der Waals surface area (Å²) in [6.45, 7) is 3.38. The highest BCUT2D eigenvalue weighted by Gasteiger charge is 2.23. The van der Waals surface area contributed by atoms with Crippen LogP contribution in [0.15, 0.2) is 24.3 Å². The van der Waals surface area contributed by atoms with Crippen LogP contribution in [0.2, 0.25) is 0 Å². The third kappa shape index (κ3) is 3.66. The Bertz CT molecular complexity index is 415. The summed E-state index contributed by atoms with van der Waals surface area (Å²) < 4.78 is 18.0. The maximum absolute atomic E-state index is 13.3. The van der Waals surface area contributed by atoms with Gasteiger partial charge in [0.2, 0.25) is 0 Å². The van der Waals surface area contributed by atoms with E-state index in [2.05, 4.69) is 0 Å². The zero-order valence-corrected chi connectivity index (χ0v) is 9.90. The molecule has 92 valence electrons. The summed E-state index contributed by atoms with van der Waals surface area (Å²) in [6, 6.07) is 6.03. The van der Waals surface area contributed by atoms with Gasteiger partial charge in [-0.25, -0.2) is 4.39 Å². The van der Waals surface area contributed by atoms with E-state index in [9.17, 15) is 14.0 Å². The summed E-state index contributed by atoms with van der Waals surface area (Å²) in [5.74, 6) is -2.19. The number of benzene rings is 1. The SMILES string of the molecule is CCOC(=O)C(C)C(=O)Cc1ccccc1F. The van der Waals surface area contributed by atoms with Gasteiger partial charge in [0, 0.05) is 6.42 Å². The lowest BCUT2D eigenvalue weighted by Crippen LogP contribution is -2.25. The van der Waals surface area contributed by atoms with E-state index in [1.54, 1.807) is 19.1 Å². The Morgan fingerprint density at radius 2 is 2.00 bits per heavy atom. The maximum Gasteiger partial charge on any atom is 0.316 e. The molecule has 0 aliphatic heterocycles. The molecular weight excluding hydrogens is 223 g/mol. The number of hydrogen-bond acceptors (Lipinski definition) is 3. The van der Waals surface area contributed by atoms with Gasteiger partial charge in [-0.1, -0.05) is 18.2 Å². The summed E-state index contributed by atoms with van der Waals surface area (Å²) in [5, 5.41) is 0. The number of rotatable bonds is 5. The molecule has 3 nitrogen and oxygen atoms in total. The zero-order chi connectivity index (χ0) is 12.8. The van der Waals surface area contributed by atoms with Gasteiger partial charge in [-0.05, 0) is 25.5 Å². The van der Waals surface area contributed by atoms with Gasteiger partial charge in [-0.2, -0.15) is 0 Å². The van der Waals surface area contributed by atoms with Crippen molar-refractivity contribution in [1.29, 1.82) is 0 Å². The smallest absolute Gasteiger partial charge is 0.316 e. The molecule has 0 aliphatic rings. The Morgan fingerprint density at radius 1 is 1.35 bits per heavy atom. The predicted octanol–water partition coefficient (Wildman–Crippen LogP) is 2.14. The Balaban J connectivity index is 2.67. The van der Waals surface area contributed by atoms with Gasteiger partial charge in [0.15, 0.2) is 5.78 Å². The number of hydrogen-bond donors (Lipinski definition) is 0. The topological polar surface area (TPSA) is 43.4 Å². The van der Waals surface area contributed by atoms with Crippen LogP contribution in [0.25, 0.3) is 0 Å². The second-order valence-electron chi connectivity index (χ2n) is 3.71. The zero-order valence-electron chi connectivity index (χ0n) is 9.90. The quantitative estimate of drug-likeness (QED) is 0.583. The molecule has 1 unspecified atom stereocenters. The number of halogens is 1. The summed E-state index contributed by atoms with van der Waals surface area (Å²) in [4.78, 5) is 23.0. The van der Waals surface area contributed by atoms with Crippen molar-refractivity contribution in [2.45, 2.75) is 20.3 Å². The standard InChI is InChI=1S/C13H15FO3/c1-3-17-13(16)9(2)12(15)8-10-6-4-5-7-11(10)14/h4-7,9H,3,8H2,1-2H3. The highest BCUT2D eigenvalue weighted by Crippen LogP contribution is 2.11. The highest BCUT2D eigenvalue weighted by molar-refractivity contribution is 5.99. The molecule has 0 fully saturated rings. The fourth-order valence-corrected chi connectivity index (χ4v) is 1.38. The molecule has 1 rings (SSSR count). The van der Waals surface area contributed by atoms with Crippen molar-refractivity contribution in [3.8, 4) is 0 Å². The molecule has 1 atom stereocenters. The molecule has 1 aromatic carbocycles. The van der Waals surface area contributed by atoms with Crippen molar-refractivity contribution >= 4 is 11.8 Å². The molecule has 0 N–H and O–H groups in total. The highest BCUT2D eigenvalue weighted by atomic mass is 19.1. The third-order valence-electron chi connectivity index (χ3n) is 2.45. The van der Waals surface area contributed by atoms with Gasteiger partial charge < -0.3 is 4.74 Å². The second kappa shape index (κ2) is 6.13. The normalized spacial score (nSPS) is 11.9. The maximum atomic E-state index is 13.3.